The molecule has 0 unspecified atom stereocenters. The van der Waals surface area contributed by atoms with Gasteiger partial charge in [0.1, 0.15) is 0 Å². The quantitative estimate of drug-likeness (QED) is 0.767. The van der Waals surface area contributed by atoms with Crippen LogP contribution < -0.4 is 0 Å². The first-order valence-corrected chi connectivity index (χ1v) is 10.7. The Morgan fingerprint density at radius 3 is 2.73 bits per heavy atom. The minimum atomic E-state index is 0.150. The Hall–Kier alpha value is -0.790. The topological polar surface area (TPSA) is 47.0 Å². The van der Waals surface area contributed by atoms with Gasteiger partial charge in [0.05, 0.1) is 4.88 Å². The molecule has 2 atom stereocenters. The maximum absolute atomic E-state index is 11.5. The zero-order valence-corrected chi connectivity index (χ0v) is 17.0. The highest BCUT2D eigenvalue weighted by molar-refractivity contribution is 7.12. The van der Waals surface area contributed by atoms with Crippen LogP contribution >= 0.6 is 11.3 Å². The molecule has 1 aromatic heterocycles. The Kier molecular flexibility index (Phi) is 7.23. The number of thiophene rings is 1. The number of hydrogen-bond acceptors (Lipinski definition) is 6. The van der Waals surface area contributed by atoms with Crippen molar-refractivity contribution in [1.29, 1.82) is 0 Å². The predicted octanol–water partition coefficient (Wildman–Crippen LogP) is 2.02. The highest BCUT2D eigenvalue weighted by Gasteiger charge is 2.28. The van der Waals surface area contributed by atoms with Gasteiger partial charge >= 0.3 is 0 Å². The van der Waals surface area contributed by atoms with Crippen molar-refractivity contribution in [2.24, 2.45) is 11.8 Å². The van der Waals surface area contributed by atoms with Crippen LogP contribution in [0.1, 0.15) is 35.0 Å². The van der Waals surface area contributed by atoms with Crippen molar-refractivity contribution in [2.45, 2.75) is 26.3 Å². The predicted molar refractivity (Wildman–Crippen MR) is 107 cm³/mol. The Morgan fingerprint density at radius 2 is 2.00 bits per heavy atom. The van der Waals surface area contributed by atoms with E-state index in [0.717, 1.165) is 50.6 Å². The number of piperidine rings is 1. The number of hydrogen-bond donors (Lipinski definition) is 1. The summed E-state index contributed by atoms with van der Waals surface area (Å²) < 4.78 is 0. The van der Waals surface area contributed by atoms with Crippen LogP contribution in [0, 0.1) is 11.8 Å². The molecule has 0 radical (unpaired) electrons. The monoisotopic (exact) mass is 379 g/mol. The van der Waals surface area contributed by atoms with Crippen LogP contribution in [0.2, 0.25) is 0 Å². The molecule has 0 aliphatic carbocycles. The average molecular weight is 380 g/mol. The second kappa shape index (κ2) is 9.42. The van der Waals surface area contributed by atoms with Crippen LogP contribution in [-0.4, -0.2) is 85.1 Å². The third kappa shape index (κ3) is 5.60. The molecule has 2 saturated heterocycles. The maximum atomic E-state index is 11.5. The number of likely N-dealkylation sites (N-methyl/N-ethyl adjacent to an activating group) is 1. The third-order valence-corrected chi connectivity index (χ3v) is 6.77. The SMILES string of the molecule is CC(=O)c1cc(CN2C[C@@H](CN3CCCN(C)CC3)C[C@H](CO)C2)cs1. The first-order valence-electron chi connectivity index (χ1n) is 9.86. The summed E-state index contributed by atoms with van der Waals surface area (Å²) in [5.74, 6) is 1.14. The van der Waals surface area contributed by atoms with Gasteiger partial charge in [-0.1, -0.05) is 0 Å². The number of carbonyl (C=O) groups excluding carboxylic acids is 1. The van der Waals surface area contributed by atoms with E-state index in [1.807, 2.05) is 6.07 Å². The lowest BCUT2D eigenvalue weighted by atomic mass is 9.89. The number of rotatable bonds is 6. The van der Waals surface area contributed by atoms with E-state index in [1.165, 1.54) is 25.1 Å². The Labute approximate surface area is 161 Å². The van der Waals surface area contributed by atoms with Gasteiger partial charge in [-0.2, -0.15) is 0 Å². The van der Waals surface area contributed by atoms with E-state index in [2.05, 4.69) is 27.1 Å². The van der Waals surface area contributed by atoms with Gasteiger partial charge in [-0.15, -0.1) is 11.3 Å². The highest BCUT2D eigenvalue weighted by Crippen LogP contribution is 2.26. The summed E-state index contributed by atoms with van der Waals surface area (Å²) in [5, 5.41) is 11.9. The van der Waals surface area contributed by atoms with E-state index in [9.17, 15) is 9.90 Å². The minimum Gasteiger partial charge on any atom is -0.396 e. The van der Waals surface area contributed by atoms with E-state index in [-0.39, 0.29) is 12.4 Å². The summed E-state index contributed by atoms with van der Waals surface area (Å²) in [6.07, 6.45) is 2.38. The standard InChI is InChI=1S/C20H33N3O2S/c1-16(25)20-9-19(15-26-20)13-23-11-17(8-18(12-23)14-24)10-22-5-3-4-21(2)6-7-22/h9,15,17-18,24H,3-8,10-14H2,1-2H3/t17-,18+/m1/s1. The molecule has 0 saturated carbocycles. The third-order valence-electron chi connectivity index (χ3n) is 5.69. The zero-order valence-electron chi connectivity index (χ0n) is 16.2. The Bertz CT molecular complexity index is 591. The first-order chi connectivity index (χ1) is 12.5. The molecule has 1 N–H and O–H groups in total. The number of carbonyl (C=O) groups is 1. The molecule has 3 rings (SSSR count). The normalized spacial score (nSPS) is 26.7. The molecule has 2 aliphatic rings. The van der Waals surface area contributed by atoms with E-state index < -0.39 is 0 Å². The fraction of sp³-hybridized carbons (Fsp3) is 0.750. The highest BCUT2D eigenvalue weighted by atomic mass is 32.1. The molecule has 2 fully saturated rings. The van der Waals surface area contributed by atoms with Gasteiger partial charge in [-0.3, -0.25) is 9.69 Å². The van der Waals surface area contributed by atoms with Crippen LogP contribution in [0.25, 0.3) is 0 Å². The van der Waals surface area contributed by atoms with E-state index >= 15 is 0 Å². The summed E-state index contributed by atoms with van der Waals surface area (Å²) in [7, 11) is 2.21. The van der Waals surface area contributed by atoms with Crippen LogP contribution in [0.5, 0.6) is 0 Å². The second-order valence-corrected chi connectivity index (χ2v) is 9.09. The summed E-state index contributed by atoms with van der Waals surface area (Å²) in [6, 6.07) is 2.04. The number of aliphatic hydroxyl groups is 1. The molecule has 2 aliphatic heterocycles. The van der Waals surface area contributed by atoms with Gasteiger partial charge < -0.3 is 14.9 Å². The molecule has 5 nitrogen and oxygen atoms in total. The number of nitrogens with zero attached hydrogens (tertiary/aromatic N) is 3. The molecule has 0 spiro atoms. The Morgan fingerprint density at radius 1 is 1.19 bits per heavy atom. The fourth-order valence-corrected chi connectivity index (χ4v) is 5.17. The van der Waals surface area contributed by atoms with E-state index in [0.29, 0.717) is 11.8 Å². The molecule has 0 bridgehead atoms. The van der Waals surface area contributed by atoms with E-state index in [4.69, 9.17) is 0 Å². The summed E-state index contributed by atoms with van der Waals surface area (Å²) >= 11 is 1.55. The van der Waals surface area contributed by atoms with Crippen molar-refractivity contribution < 1.29 is 9.90 Å². The van der Waals surface area contributed by atoms with Crippen LogP contribution in [0.3, 0.4) is 0 Å². The molecule has 3 heterocycles. The zero-order chi connectivity index (χ0) is 18.5. The molecular formula is C20H33N3O2S. The van der Waals surface area contributed by atoms with Crippen molar-refractivity contribution in [3.05, 3.63) is 21.9 Å². The lowest BCUT2D eigenvalue weighted by Crippen LogP contribution is -2.45. The van der Waals surface area contributed by atoms with Gasteiger partial charge in [-0.05, 0) is 68.7 Å². The number of aliphatic hydroxyl groups excluding tert-OH is 1. The van der Waals surface area contributed by atoms with Crippen LogP contribution in [-0.2, 0) is 6.54 Å². The summed E-state index contributed by atoms with van der Waals surface area (Å²) in [6.45, 7) is 10.7. The first kappa shape index (κ1) is 20.0. The summed E-state index contributed by atoms with van der Waals surface area (Å²) in [5.41, 5.74) is 1.23. The number of Topliss-reactive ketones (excluding diaryl/α,β-unsaturated/α-hetero) is 1. The van der Waals surface area contributed by atoms with Crippen LogP contribution in [0.15, 0.2) is 11.4 Å². The minimum absolute atomic E-state index is 0.150. The van der Waals surface area contributed by atoms with Crippen molar-refractivity contribution >= 4 is 17.1 Å². The lowest BCUT2D eigenvalue weighted by molar-refractivity contribution is 0.0628. The molecule has 1 aromatic rings. The van der Waals surface area contributed by atoms with Gasteiger partial charge in [0.25, 0.3) is 0 Å². The lowest BCUT2D eigenvalue weighted by Gasteiger charge is -2.39. The van der Waals surface area contributed by atoms with Gasteiger partial charge in [0.15, 0.2) is 5.78 Å². The molecule has 26 heavy (non-hydrogen) atoms. The van der Waals surface area contributed by atoms with Crippen LogP contribution in [0.4, 0.5) is 0 Å². The average Bonchev–Trinajstić information content (AvgIpc) is 2.98. The number of ketones is 1. The molecule has 0 amide bonds. The largest absolute Gasteiger partial charge is 0.396 e. The molecule has 6 heteroatoms. The van der Waals surface area contributed by atoms with Gasteiger partial charge in [0.2, 0.25) is 0 Å². The smallest absolute Gasteiger partial charge is 0.169 e. The van der Waals surface area contributed by atoms with Gasteiger partial charge in [0, 0.05) is 45.9 Å². The van der Waals surface area contributed by atoms with Crippen molar-refractivity contribution in [1.82, 2.24) is 14.7 Å². The number of likely N-dealkylation sites (tertiary alicyclic amines) is 1. The molecule has 146 valence electrons. The second-order valence-electron chi connectivity index (χ2n) is 8.18. The Balaban J connectivity index is 1.57. The molecule has 0 aromatic carbocycles. The maximum Gasteiger partial charge on any atom is 0.169 e. The van der Waals surface area contributed by atoms with E-state index in [1.54, 1.807) is 18.3 Å². The summed E-state index contributed by atoms with van der Waals surface area (Å²) in [4.78, 5) is 19.9. The van der Waals surface area contributed by atoms with Crippen molar-refractivity contribution in [3.63, 3.8) is 0 Å². The fourth-order valence-electron chi connectivity index (χ4n) is 4.37. The van der Waals surface area contributed by atoms with Crippen molar-refractivity contribution in [3.8, 4) is 0 Å². The molecular weight excluding hydrogens is 346 g/mol. The van der Waals surface area contributed by atoms with Crippen molar-refractivity contribution in [2.75, 3.05) is 59.5 Å². The van der Waals surface area contributed by atoms with Gasteiger partial charge in [-0.25, -0.2) is 0 Å².